The van der Waals surface area contributed by atoms with Crippen LogP contribution in [0.15, 0.2) is 33.5 Å². The maximum Gasteiger partial charge on any atom is 0.192 e. The summed E-state index contributed by atoms with van der Waals surface area (Å²) in [5.74, 6) is 0.742. The van der Waals surface area contributed by atoms with Gasteiger partial charge in [0.15, 0.2) is 5.43 Å². The maximum absolute atomic E-state index is 11.7. The van der Waals surface area contributed by atoms with E-state index in [2.05, 4.69) is 0 Å². The molecular formula is C12H12O2. The van der Waals surface area contributed by atoms with Crippen LogP contribution in [0.2, 0.25) is 0 Å². The third-order valence-corrected chi connectivity index (χ3v) is 2.28. The minimum absolute atomic E-state index is 0.0480. The van der Waals surface area contributed by atoms with Crippen molar-refractivity contribution in [1.29, 1.82) is 0 Å². The van der Waals surface area contributed by atoms with Gasteiger partial charge in [-0.1, -0.05) is 18.6 Å². The molecule has 0 fully saturated rings. The van der Waals surface area contributed by atoms with Crippen LogP contribution in [0.4, 0.5) is 0 Å². The minimum Gasteiger partial charge on any atom is -0.461 e. The summed E-state index contributed by atoms with van der Waals surface area (Å²) in [7, 11) is 0. The molecule has 0 radical (unpaired) electrons. The molecule has 2 nitrogen and oxygen atoms in total. The van der Waals surface area contributed by atoms with Crippen molar-refractivity contribution in [1.82, 2.24) is 0 Å². The molecule has 72 valence electrons. The fraction of sp³-hybridized carbons (Fsp3) is 0.250. The summed E-state index contributed by atoms with van der Waals surface area (Å²) in [5.41, 5.74) is 1.81. The Kier molecular flexibility index (Phi) is 2.12. The van der Waals surface area contributed by atoms with Crippen LogP contribution in [0.1, 0.15) is 18.2 Å². The third kappa shape index (κ3) is 1.43. The van der Waals surface area contributed by atoms with E-state index >= 15 is 0 Å². The molecule has 1 aromatic carbocycles. The van der Waals surface area contributed by atoms with Gasteiger partial charge in [0.2, 0.25) is 0 Å². The number of aryl methyl sites for hydroxylation is 2. The fourth-order valence-electron chi connectivity index (χ4n) is 1.49. The second kappa shape index (κ2) is 3.29. The predicted molar refractivity (Wildman–Crippen MR) is 56.6 cm³/mol. The van der Waals surface area contributed by atoms with Crippen molar-refractivity contribution >= 4 is 11.0 Å². The second-order valence-electron chi connectivity index (χ2n) is 3.43. The predicted octanol–water partition coefficient (Wildman–Crippen LogP) is 2.66. The number of rotatable bonds is 1. The molecule has 0 aliphatic carbocycles. The SMILES string of the molecule is CCc1cc(=O)c2cc(C)ccc2o1. The van der Waals surface area contributed by atoms with Crippen molar-refractivity contribution in [3.05, 3.63) is 45.8 Å². The first-order valence-electron chi connectivity index (χ1n) is 4.74. The summed E-state index contributed by atoms with van der Waals surface area (Å²) in [5, 5.41) is 0.669. The molecule has 2 rings (SSSR count). The number of hydrogen-bond donors (Lipinski definition) is 0. The van der Waals surface area contributed by atoms with Gasteiger partial charge in [0.1, 0.15) is 11.3 Å². The van der Waals surface area contributed by atoms with Gasteiger partial charge in [-0.15, -0.1) is 0 Å². The lowest BCUT2D eigenvalue weighted by atomic mass is 10.1. The average Bonchev–Trinajstić information content (AvgIpc) is 2.19. The molecule has 1 aromatic heterocycles. The van der Waals surface area contributed by atoms with Crippen LogP contribution in [0.5, 0.6) is 0 Å². The lowest BCUT2D eigenvalue weighted by Crippen LogP contribution is -2.01. The molecule has 14 heavy (non-hydrogen) atoms. The number of hydrogen-bond acceptors (Lipinski definition) is 2. The Bertz CT molecular complexity index is 523. The van der Waals surface area contributed by atoms with Crippen molar-refractivity contribution < 1.29 is 4.42 Å². The van der Waals surface area contributed by atoms with Crippen LogP contribution in [0.3, 0.4) is 0 Å². The van der Waals surface area contributed by atoms with Gasteiger partial charge in [-0.2, -0.15) is 0 Å². The zero-order chi connectivity index (χ0) is 10.1. The fourth-order valence-corrected chi connectivity index (χ4v) is 1.49. The average molecular weight is 188 g/mol. The van der Waals surface area contributed by atoms with Crippen molar-refractivity contribution in [2.45, 2.75) is 20.3 Å². The highest BCUT2D eigenvalue weighted by Gasteiger charge is 2.02. The summed E-state index contributed by atoms with van der Waals surface area (Å²) >= 11 is 0. The molecule has 0 unspecified atom stereocenters. The molecule has 0 aliphatic rings. The van der Waals surface area contributed by atoms with Gasteiger partial charge in [0.25, 0.3) is 0 Å². The first-order chi connectivity index (χ1) is 6.70. The van der Waals surface area contributed by atoms with E-state index in [1.807, 2.05) is 32.0 Å². The lowest BCUT2D eigenvalue weighted by Gasteiger charge is -2.00. The monoisotopic (exact) mass is 188 g/mol. The summed E-state index contributed by atoms with van der Waals surface area (Å²) < 4.78 is 5.55. The van der Waals surface area contributed by atoms with Gasteiger partial charge in [-0.05, 0) is 19.1 Å². The van der Waals surface area contributed by atoms with Crippen LogP contribution in [0, 0.1) is 6.92 Å². The highest BCUT2D eigenvalue weighted by molar-refractivity contribution is 5.77. The molecule has 0 atom stereocenters. The molecular weight excluding hydrogens is 176 g/mol. The van der Waals surface area contributed by atoms with Gasteiger partial charge in [0, 0.05) is 12.5 Å². The van der Waals surface area contributed by atoms with E-state index < -0.39 is 0 Å². The van der Waals surface area contributed by atoms with Crippen LogP contribution in [-0.4, -0.2) is 0 Å². The van der Waals surface area contributed by atoms with E-state index in [-0.39, 0.29) is 5.43 Å². The van der Waals surface area contributed by atoms with Crippen molar-refractivity contribution in [3.8, 4) is 0 Å². The summed E-state index contributed by atoms with van der Waals surface area (Å²) in [6.45, 7) is 3.94. The standard InChI is InChI=1S/C12H12O2/c1-3-9-7-11(13)10-6-8(2)4-5-12(10)14-9/h4-7H,3H2,1-2H3. The first-order valence-corrected chi connectivity index (χ1v) is 4.74. The number of benzene rings is 1. The van der Waals surface area contributed by atoms with E-state index in [0.717, 1.165) is 17.7 Å². The van der Waals surface area contributed by atoms with Crippen molar-refractivity contribution in [3.63, 3.8) is 0 Å². The molecule has 0 aliphatic heterocycles. The lowest BCUT2D eigenvalue weighted by molar-refractivity contribution is 0.543. The van der Waals surface area contributed by atoms with E-state index in [9.17, 15) is 4.79 Å². The zero-order valence-corrected chi connectivity index (χ0v) is 8.33. The Balaban J connectivity index is 2.83. The van der Waals surface area contributed by atoms with Gasteiger partial charge in [-0.3, -0.25) is 4.79 Å². The molecule has 0 amide bonds. The largest absolute Gasteiger partial charge is 0.461 e. The van der Waals surface area contributed by atoms with Gasteiger partial charge in [-0.25, -0.2) is 0 Å². The highest BCUT2D eigenvalue weighted by Crippen LogP contribution is 2.14. The van der Waals surface area contributed by atoms with Gasteiger partial charge in [0.05, 0.1) is 5.39 Å². The number of fused-ring (bicyclic) bond motifs is 1. The van der Waals surface area contributed by atoms with Crippen molar-refractivity contribution in [2.24, 2.45) is 0 Å². The maximum atomic E-state index is 11.7. The van der Waals surface area contributed by atoms with E-state index in [0.29, 0.717) is 11.0 Å². The Morgan fingerprint density at radius 2 is 2.07 bits per heavy atom. The quantitative estimate of drug-likeness (QED) is 0.688. The third-order valence-electron chi connectivity index (χ3n) is 2.28. The normalized spacial score (nSPS) is 10.7. The molecule has 0 saturated carbocycles. The molecule has 1 heterocycles. The van der Waals surface area contributed by atoms with E-state index in [1.54, 1.807) is 6.07 Å². The topological polar surface area (TPSA) is 30.2 Å². The molecule has 0 bridgehead atoms. The molecule has 2 aromatic rings. The first kappa shape index (κ1) is 9.00. The smallest absolute Gasteiger partial charge is 0.192 e. The second-order valence-corrected chi connectivity index (χ2v) is 3.43. The Labute approximate surface area is 82.2 Å². The Morgan fingerprint density at radius 1 is 1.29 bits per heavy atom. The zero-order valence-electron chi connectivity index (χ0n) is 8.33. The van der Waals surface area contributed by atoms with Crippen LogP contribution < -0.4 is 5.43 Å². The Morgan fingerprint density at radius 3 is 2.79 bits per heavy atom. The summed E-state index contributed by atoms with van der Waals surface area (Å²) in [6, 6.07) is 7.23. The molecule has 0 saturated heterocycles. The highest BCUT2D eigenvalue weighted by atomic mass is 16.3. The minimum atomic E-state index is 0.0480. The van der Waals surface area contributed by atoms with E-state index in [1.165, 1.54) is 0 Å². The molecule has 0 N–H and O–H groups in total. The van der Waals surface area contributed by atoms with Crippen LogP contribution >= 0.6 is 0 Å². The Hall–Kier alpha value is -1.57. The summed E-state index contributed by atoms with van der Waals surface area (Å²) in [6.07, 6.45) is 0.749. The van der Waals surface area contributed by atoms with Crippen LogP contribution in [0.25, 0.3) is 11.0 Å². The van der Waals surface area contributed by atoms with E-state index in [4.69, 9.17) is 4.42 Å². The molecule has 0 spiro atoms. The van der Waals surface area contributed by atoms with Crippen molar-refractivity contribution in [2.75, 3.05) is 0 Å². The van der Waals surface area contributed by atoms with Crippen LogP contribution in [-0.2, 0) is 6.42 Å². The summed E-state index contributed by atoms with van der Waals surface area (Å²) in [4.78, 5) is 11.7. The molecule has 2 heteroatoms. The van der Waals surface area contributed by atoms with Gasteiger partial charge >= 0.3 is 0 Å². The van der Waals surface area contributed by atoms with Gasteiger partial charge < -0.3 is 4.42 Å².